The Labute approximate surface area is 105 Å². The molecule has 3 heteroatoms. The summed E-state index contributed by atoms with van der Waals surface area (Å²) in [7, 11) is 4.22. The molecule has 0 aliphatic heterocycles. The van der Waals surface area contributed by atoms with Crippen LogP contribution in [0.1, 0.15) is 19.5 Å². The average molecular weight is 235 g/mol. The van der Waals surface area contributed by atoms with E-state index in [0.29, 0.717) is 12.0 Å². The van der Waals surface area contributed by atoms with Gasteiger partial charge in [-0.3, -0.25) is 4.98 Å². The van der Waals surface area contributed by atoms with Gasteiger partial charge in [-0.05, 0) is 32.1 Å². The van der Waals surface area contributed by atoms with Crippen LogP contribution in [0.25, 0.3) is 0 Å². The van der Waals surface area contributed by atoms with Gasteiger partial charge in [-0.15, -0.1) is 0 Å². The number of nitrogens with one attached hydrogen (secondary N) is 1. The normalized spacial score (nSPS) is 13.3. The molecular formula is C14H25N3. The zero-order valence-corrected chi connectivity index (χ0v) is 11.5. The first kappa shape index (κ1) is 14.1. The van der Waals surface area contributed by atoms with Crippen molar-refractivity contribution in [1.82, 2.24) is 15.2 Å². The minimum Gasteiger partial charge on any atom is -0.315 e. The predicted octanol–water partition coefficient (Wildman–Crippen LogP) is 1.80. The van der Waals surface area contributed by atoms with E-state index in [0.717, 1.165) is 19.5 Å². The predicted molar refractivity (Wildman–Crippen MR) is 73.1 cm³/mol. The van der Waals surface area contributed by atoms with Gasteiger partial charge >= 0.3 is 0 Å². The van der Waals surface area contributed by atoms with Crippen LogP contribution in [0, 0.1) is 5.92 Å². The number of hydrogen-bond donors (Lipinski definition) is 1. The largest absolute Gasteiger partial charge is 0.315 e. The first-order chi connectivity index (χ1) is 8.13. The van der Waals surface area contributed by atoms with E-state index in [9.17, 15) is 0 Å². The molecule has 0 aliphatic rings. The fraction of sp³-hybridized carbons (Fsp3) is 0.643. The maximum absolute atomic E-state index is 4.34. The van der Waals surface area contributed by atoms with E-state index in [1.807, 2.05) is 25.4 Å². The van der Waals surface area contributed by atoms with E-state index in [4.69, 9.17) is 0 Å². The zero-order valence-electron chi connectivity index (χ0n) is 11.5. The van der Waals surface area contributed by atoms with E-state index in [1.165, 1.54) is 5.69 Å². The minimum atomic E-state index is 0.559. The molecule has 1 rings (SSSR count). The van der Waals surface area contributed by atoms with Crippen molar-refractivity contribution in [2.45, 2.75) is 26.3 Å². The third-order valence-corrected chi connectivity index (χ3v) is 3.16. The molecular weight excluding hydrogens is 210 g/mol. The first-order valence-electron chi connectivity index (χ1n) is 6.39. The third kappa shape index (κ3) is 5.29. The molecule has 0 amide bonds. The minimum absolute atomic E-state index is 0.559. The van der Waals surface area contributed by atoms with Crippen molar-refractivity contribution in [1.29, 1.82) is 0 Å². The molecule has 0 aliphatic carbocycles. The van der Waals surface area contributed by atoms with Crippen LogP contribution < -0.4 is 5.32 Å². The Kier molecular flexibility index (Phi) is 6.16. The lowest BCUT2D eigenvalue weighted by atomic mass is 10.0. The lowest BCUT2D eigenvalue weighted by Gasteiger charge is -2.26. The lowest BCUT2D eigenvalue weighted by Crippen LogP contribution is -2.41. The standard InChI is InChI=1S/C14H25N3/c1-12(2)14(15-3)11-17(4)10-8-13-7-5-6-9-16-13/h5-7,9,12,14-15H,8,10-11H2,1-4H3. The molecule has 0 aromatic carbocycles. The average Bonchev–Trinajstić information content (AvgIpc) is 2.34. The summed E-state index contributed by atoms with van der Waals surface area (Å²) in [6.07, 6.45) is 2.88. The molecule has 17 heavy (non-hydrogen) atoms. The third-order valence-electron chi connectivity index (χ3n) is 3.16. The molecule has 3 nitrogen and oxygen atoms in total. The van der Waals surface area contributed by atoms with Crippen LogP contribution in [0.2, 0.25) is 0 Å². The Morgan fingerprint density at radius 2 is 2.12 bits per heavy atom. The zero-order chi connectivity index (χ0) is 12.7. The van der Waals surface area contributed by atoms with Gasteiger partial charge in [0, 0.05) is 37.4 Å². The molecule has 0 bridgehead atoms. The number of aromatic nitrogens is 1. The van der Waals surface area contributed by atoms with Gasteiger partial charge in [-0.1, -0.05) is 19.9 Å². The second kappa shape index (κ2) is 7.41. The summed E-state index contributed by atoms with van der Waals surface area (Å²) >= 11 is 0. The maximum Gasteiger partial charge on any atom is 0.0416 e. The SMILES string of the molecule is CNC(CN(C)CCc1ccccn1)C(C)C. The quantitative estimate of drug-likeness (QED) is 0.781. The molecule has 0 saturated carbocycles. The fourth-order valence-electron chi connectivity index (χ4n) is 1.91. The van der Waals surface area contributed by atoms with Gasteiger partial charge < -0.3 is 10.2 Å². The van der Waals surface area contributed by atoms with Gasteiger partial charge in [0.1, 0.15) is 0 Å². The van der Waals surface area contributed by atoms with Gasteiger partial charge in [-0.25, -0.2) is 0 Å². The Hall–Kier alpha value is -0.930. The molecule has 0 radical (unpaired) electrons. The lowest BCUT2D eigenvalue weighted by molar-refractivity contribution is 0.264. The number of likely N-dealkylation sites (N-methyl/N-ethyl adjacent to an activating group) is 2. The molecule has 1 atom stereocenters. The summed E-state index contributed by atoms with van der Waals surface area (Å²) in [5.41, 5.74) is 1.17. The van der Waals surface area contributed by atoms with Crippen molar-refractivity contribution < 1.29 is 0 Å². The number of rotatable bonds is 7. The molecule has 0 fully saturated rings. The van der Waals surface area contributed by atoms with Crippen molar-refractivity contribution in [2.24, 2.45) is 5.92 Å². The number of hydrogen-bond acceptors (Lipinski definition) is 3. The van der Waals surface area contributed by atoms with Crippen LogP contribution >= 0.6 is 0 Å². The van der Waals surface area contributed by atoms with Crippen molar-refractivity contribution in [3.05, 3.63) is 30.1 Å². The summed E-state index contributed by atoms with van der Waals surface area (Å²) < 4.78 is 0. The van der Waals surface area contributed by atoms with Gasteiger partial charge in [0.15, 0.2) is 0 Å². The molecule has 1 N–H and O–H groups in total. The number of nitrogens with zero attached hydrogens (tertiary/aromatic N) is 2. The Morgan fingerprint density at radius 3 is 2.65 bits per heavy atom. The second-order valence-corrected chi connectivity index (χ2v) is 4.97. The van der Waals surface area contributed by atoms with Gasteiger partial charge in [-0.2, -0.15) is 0 Å². The van der Waals surface area contributed by atoms with Crippen LogP contribution in [0.15, 0.2) is 24.4 Å². The van der Waals surface area contributed by atoms with E-state index < -0.39 is 0 Å². The summed E-state index contributed by atoms with van der Waals surface area (Å²) in [4.78, 5) is 6.71. The Morgan fingerprint density at radius 1 is 1.35 bits per heavy atom. The monoisotopic (exact) mass is 235 g/mol. The molecule has 96 valence electrons. The van der Waals surface area contributed by atoms with E-state index in [2.05, 4.69) is 42.2 Å². The van der Waals surface area contributed by atoms with Crippen LogP contribution in [0.4, 0.5) is 0 Å². The fourth-order valence-corrected chi connectivity index (χ4v) is 1.91. The molecule has 1 heterocycles. The highest BCUT2D eigenvalue weighted by atomic mass is 15.1. The van der Waals surface area contributed by atoms with Crippen LogP contribution in [0.3, 0.4) is 0 Å². The maximum atomic E-state index is 4.34. The van der Waals surface area contributed by atoms with Crippen molar-refractivity contribution >= 4 is 0 Å². The van der Waals surface area contributed by atoms with Gasteiger partial charge in [0.25, 0.3) is 0 Å². The molecule has 1 unspecified atom stereocenters. The summed E-state index contributed by atoms with van der Waals surface area (Å²) in [6, 6.07) is 6.66. The number of pyridine rings is 1. The summed E-state index contributed by atoms with van der Waals surface area (Å²) in [6.45, 7) is 6.66. The first-order valence-corrected chi connectivity index (χ1v) is 6.39. The highest BCUT2D eigenvalue weighted by Crippen LogP contribution is 2.03. The van der Waals surface area contributed by atoms with Crippen molar-refractivity contribution in [3.63, 3.8) is 0 Å². The Bertz CT molecular complexity index is 298. The molecule has 0 spiro atoms. The van der Waals surface area contributed by atoms with Crippen LogP contribution in [-0.4, -0.2) is 43.1 Å². The van der Waals surface area contributed by atoms with E-state index in [-0.39, 0.29) is 0 Å². The summed E-state index contributed by atoms with van der Waals surface area (Å²) in [5.74, 6) is 0.664. The van der Waals surface area contributed by atoms with E-state index in [1.54, 1.807) is 0 Å². The topological polar surface area (TPSA) is 28.2 Å². The van der Waals surface area contributed by atoms with Crippen molar-refractivity contribution in [2.75, 3.05) is 27.2 Å². The highest BCUT2D eigenvalue weighted by molar-refractivity contribution is 5.03. The second-order valence-electron chi connectivity index (χ2n) is 4.97. The highest BCUT2D eigenvalue weighted by Gasteiger charge is 2.13. The molecule has 0 saturated heterocycles. The van der Waals surface area contributed by atoms with Crippen molar-refractivity contribution in [3.8, 4) is 0 Å². The van der Waals surface area contributed by atoms with Crippen LogP contribution in [-0.2, 0) is 6.42 Å². The van der Waals surface area contributed by atoms with E-state index >= 15 is 0 Å². The molecule has 1 aromatic rings. The molecule has 1 aromatic heterocycles. The van der Waals surface area contributed by atoms with Gasteiger partial charge in [0.05, 0.1) is 0 Å². The summed E-state index contributed by atoms with van der Waals surface area (Å²) in [5, 5.41) is 3.37. The Balaban J connectivity index is 2.32. The van der Waals surface area contributed by atoms with Crippen LogP contribution in [0.5, 0.6) is 0 Å². The smallest absolute Gasteiger partial charge is 0.0416 e. The van der Waals surface area contributed by atoms with Gasteiger partial charge in [0.2, 0.25) is 0 Å².